The number of fused-ring (bicyclic) bond motifs is 1. The molecule has 0 saturated carbocycles. The van der Waals surface area contributed by atoms with E-state index in [2.05, 4.69) is 41.5 Å². The monoisotopic (exact) mass is 261 g/mol. The predicted molar refractivity (Wildman–Crippen MR) is 78.5 cm³/mol. The maximum Gasteiger partial charge on any atom is 0.186 e. The van der Waals surface area contributed by atoms with E-state index in [9.17, 15) is 0 Å². The van der Waals surface area contributed by atoms with Crippen LogP contribution in [0.2, 0.25) is 0 Å². The summed E-state index contributed by atoms with van der Waals surface area (Å²) in [6, 6.07) is 8.37. The van der Waals surface area contributed by atoms with Gasteiger partial charge in [0, 0.05) is 13.6 Å². The molecule has 1 aliphatic rings. The molecule has 2 aromatic rings. The molecule has 96 valence electrons. The third-order valence-electron chi connectivity index (χ3n) is 3.60. The Morgan fingerprint density at radius 3 is 2.89 bits per heavy atom. The van der Waals surface area contributed by atoms with Crippen molar-refractivity contribution in [1.29, 1.82) is 0 Å². The fourth-order valence-electron chi connectivity index (χ4n) is 2.55. The third-order valence-corrected chi connectivity index (χ3v) is 4.75. The zero-order chi connectivity index (χ0) is 12.4. The van der Waals surface area contributed by atoms with Crippen molar-refractivity contribution in [3.8, 4) is 0 Å². The van der Waals surface area contributed by atoms with Gasteiger partial charge in [-0.3, -0.25) is 0 Å². The number of anilines is 1. The maximum atomic E-state index is 4.71. The highest BCUT2D eigenvalue weighted by molar-refractivity contribution is 7.22. The summed E-state index contributed by atoms with van der Waals surface area (Å²) in [5.74, 6) is 0.809. The highest BCUT2D eigenvalue weighted by Gasteiger charge is 2.17. The van der Waals surface area contributed by atoms with Crippen LogP contribution in [0.1, 0.15) is 12.8 Å². The first-order valence-corrected chi connectivity index (χ1v) is 7.42. The first-order valence-electron chi connectivity index (χ1n) is 6.60. The van der Waals surface area contributed by atoms with Gasteiger partial charge >= 0.3 is 0 Å². The van der Waals surface area contributed by atoms with Gasteiger partial charge in [0.15, 0.2) is 5.13 Å². The Labute approximate surface area is 112 Å². The standard InChI is InChI=1S/C14H19N3S/c1-17(10-11-6-8-15-9-7-11)14-16-12-4-2-3-5-13(12)18-14/h2-5,11,15H,6-10H2,1H3. The number of rotatable bonds is 3. The molecule has 1 aromatic carbocycles. The van der Waals surface area contributed by atoms with Crippen molar-refractivity contribution in [2.45, 2.75) is 12.8 Å². The van der Waals surface area contributed by atoms with Crippen LogP contribution in [0.5, 0.6) is 0 Å². The van der Waals surface area contributed by atoms with Crippen LogP contribution in [0.25, 0.3) is 10.2 Å². The molecule has 4 heteroatoms. The summed E-state index contributed by atoms with van der Waals surface area (Å²) in [6.07, 6.45) is 2.57. The molecule has 0 unspecified atom stereocenters. The lowest BCUT2D eigenvalue weighted by molar-refractivity contribution is 0.378. The van der Waals surface area contributed by atoms with Crippen molar-refractivity contribution in [3.63, 3.8) is 0 Å². The van der Waals surface area contributed by atoms with Crippen LogP contribution in [0.15, 0.2) is 24.3 Å². The van der Waals surface area contributed by atoms with Crippen LogP contribution >= 0.6 is 11.3 Å². The van der Waals surface area contributed by atoms with Crippen molar-refractivity contribution in [2.75, 3.05) is 31.6 Å². The predicted octanol–water partition coefficient (Wildman–Crippen LogP) is 2.73. The van der Waals surface area contributed by atoms with Gasteiger partial charge in [0.1, 0.15) is 0 Å². The van der Waals surface area contributed by atoms with Gasteiger partial charge in [-0.25, -0.2) is 4.98 Å². The van der Waals surface area contributed by atoms with Gasteiger partial charge in [-0.1, -0.05) is 23.5 Å². The average Bonchev–Trinajstić information content (AvgIpc) is 2.84. The van der Waals surface area contributed by atoms with Crippen molar-refractivity contribution >= 4 is 26.7 Å². The molecule has 0 spiro atoms. The van der Waals surface area contributed by atoms with E-state index in [1.54, 1.807) is 11.3 Å². The Kier molecular flexibility index (Phi) is 3.48. The summed E-state index contributed by atoms with van der Waals surface area (Å²) in [6.45, 7) is 3.46. The van der Waals surface area contributed by atoms with Crippen LogP contribution in [-0.4, -0.2) is 31.7 Å². The van der Waals surface area contributed by atoms with Gasteiger partial charge in [0.2, 0.25) is 0 Å². The molecule has 0 atom stereocenters. The number of piperidine rings is 1. The number of thiazole rings is 1. The Balaban J connectivity index is 1.72. The van der Waals surface area contributed by atoms with Gasteiger partial charge in [-0.2, -0.15) is 0 Å². The van der Waals surface area contributed by atoms with Crippen molar-refractivity contribution in [1.82, 2.24) is 10.3 Å². The summed E-state index contributed by atoms with van der Waals surface area (Å²) in [5.41, 5.74) is 1.12. The summed E-state index contributed by atoms with van der Waals surface area (Å²) >= 11 is 1.79. The Morgan fingerprint density at radius 1 is 1.33 bits per heavy atom. The molecule has 3 rings (SSSR count). The highest BCUT2D eigenvalue weighted by atomic mass is 32.1. The van der Waals surface area contributed by atoms with E-state index in [0.29, 0.717) is 0 Å². The van der Waals surface area contributed by atoms with E-state index < -0.39 is 0 Å². The van der Waals surface area contributed by atoms with Crippen LogP contribution < -0.4 is 10.2 Å². The van der Waals surface area contributed by atoms with E-state index in [-0.39, 0.29) is 0 Å². The smallest absolute Gasteiger partial charge is 0.186 e. The topological polar surface area (TPSA) is 28.2 Å². The van der Waals surface area contributed by atoms with Gasteiger partial charge in [-0.05, 0) is 44.0 Å². The molecular weight excluding hydrogens is 242 g/mol. The van der Waals surface area contributed by atoms with Gasteiger partial charge < -0.3 is 10.2 Å². The van der Waals surface area contributed by atoms with Crippen molar-refractivity contribution in [3.05, 3.63) is 24.3 Å². The number of aromatic nitrogens is 1. The van der Waals surface area contributed by atoms with E-state index in [0.717, 1.165) is 23.1 Å². The number of benzene rings is 1. The van der Waals surface area contributed by atoms with Gasteiger partial charge in [0.05, 0.1) is 10.2 Å². The molecule has 1 aliphatic heterocycles. The summed E-state index contributed by atoms with van der Waals surface area (Å²) in [4.78, 5) is 7.03. The summed E-state index contributed by atoms with van der Waals surface area (Å²) < 4.78 is 1.28. The molecule has 3 nitrogen and oxygen atoms in total. The molecule has 1 fully saturated rings. The summed E-state index contributed by atoms with van der Waals surface area (Å²) in [7, 11) is 2.17. The van der Waals surface area contributed by atoms with E-state index in [4.69, 9.17) is 4.98 Å². The Bertz CT molecular complexity index is 483. The van der Waals surface area contributed by atoms with Crippen molar-refractivity contribution < 1.29 is 0 Å². The third kappa shape index (κ3) is 2.49. The fourth-order valence-corrected chi connectivity index (χ4v) is 3.49. The van der Waals surface area contributed by atoms with E-state index in [1.807, 2.05) is 0 Å². The molecule has 0 bridgehead atoms. The van der Waals surface area contributed by atoms with E-state index in [1.165, 1.54) is 30.6 Å². The molecule has 2 heterocycles. The number of nitrogens with one attached hydrogen (secondary N) is 1. The Morgan fingerprint density at radius 2 is 2.11 bits per heavy atom. The molecule has 18 heavy (non-hydrogen) atoms. The quantitative estimate of drug-likeness (QED) is 0.921. The van der Waals surface area contributed by atoms with Crippen LogP contribution in [-0.2, 0) is 0 Å². The molecule has 1 N–H and O–H groups in total. The Hall–Kier alpha value is -1.13. The molecule has 1 saturated heterocycles. The van der Waals surface area contributed by atoms with Crippen LogP contribution in [0.3, 0.4) is 0 Å². The first kappa shape index (κ1) is 11.9. The zero-order valence-electron chi connectivity index (χ0n) is 10.7. The second-order valence-electron chi connectivity index (χ2n) is 5.04. The molecule has 0 radical (unpaired) electrons. The largest absolute Gasteiger partial charge is 0.351 e. The second kappa shape index (κ2) is 5.24. The average molecular weight is 261 g/mol. The van der Waals surface area contributed by atoms with Gasteiger partial charge in [0.25, 0.3) is 0 Å². The van der Waals surface area contributed by atoms with Crippen LogP contribution in [0.4, 0.5) is 5.13 Å². The lowest BCUT2D eigenvalue weighted by Gasteiger charge is -2.27. The van der Waals surface area contributed by atoms with E-state index >= 15 is 0 Å². The lowest BCUT2D eigenvalue weighted by Crippen LogP contribution is -2.34. The lowest BCUT2D eigenvalue weighted by atomic mass is 9.98. The zero-order valence-corrected chi connectivity index (χ0v) is 11.5. The minimum absolute atomic E-state index is 0.809. The summed E-state index contributed by atoms with van der Waals surface area (Å²) in [5, 5.41) is 4.57. The molecule has 0 aliphatic carbocycles. The fraction of sp³-hybridized carbons (Fsp3) is 0.500. The van der Waals surface area contributed by atoms with Gasteiger partial charge in [-0.15, -0.1) is 0 Å². The molecule has 1 aromatic heterocycles. The molecular formula is C14H19N3S. The number of para-hydroxylation sites is 1. The minimum Gasteiger partial charge on any atom is -0.351 e. The van der Waals surface area contributed by atoms with Crippen LogP contribution in [0, 0.1) is 5.92 Å². The normalized spacial score (nSPS) is 17.2. The number of hydrogen-bond acceptors (Lipinski definition) is 4. The first-order chi connectivity index (χ1) is 8.83. The maximum absolute atomic E-state index is 4.71. The second-order valence-corrected chi connectivity index (χ2v) is 6.05. The highest BCUT2D eigenvalue weighted by Crippen LogP contribution is 2.28. The van der Waals surface area contributed by atoms with Crippen molar-refractivity contribution in [2.24, 2.45) is 5.92 Å². The number of hydrogen-bond donors (Lipinski definition) is 1. The SMILES string of the molecule is CN(CC1CCNCC1)c1nc2ccccc2s1. The molecule has 0 amide bonds. The number of nitrogens with zero attached hydrogens (tertiary/aromatic N) is 2. The minimum atomic E-state index is 0.809.